The van der Waals surface area contributed by atoms with Gasteiger partial charge in [-0.05, 0) is 25.3 Å². The summed E-state index contributed by atoms with van der Waals surface area (Å²) in [5.74, 6) is 0.641. The topological polar surface area (TPSA) is 46.6 Å². The van der Waals surface area contributed by atoms with Crippen molar-refractivity contribution < 1.29 is 12.6 Å². The molecule has 0 aromatic rings. The monoisotopic (exact) mass is 265 g/mol. The van der Waals surface area contributed by atoms with Gasteiger partial charge in [0.05, 0.1) is 12.9 Å². The summed E-state index contributed by atoms with van der Waals surface area (Å²) in [4.78, 5) is 2.39. The smallest absolute Gasteiger partial charge is 0.264 e. The first-order valence-corrected chi connectivity index (χ1v) is 8.23. The second-order valence-electron chi connectivity index (χ2n) is 4.93. The predicted octanol–water partition coefficient (Wildman–Crippen LogP) is 2.11. The van der Waals surface area contributed by atoms with Crippen LogP contribution >= 0.6 is 0 Å². The maximum absolute atomic E-state index is 10.8. The molecule has 0 radical (unpaired) electrons. The van der Waals surface area contributed by atoms with Crippen LogP contribution in [0.15, 0.2) is 0 Å². The summed E-state index contributed by atoms with van der Waals surface area (Å²) in [5.41, 5.74) is 0. The predicted molar refractivity (Wildman–Crippen MR) is 71.6 cm³/mol. The largest absolute Gasteiger partial charge is 0.303 e. The molecular weight excluding hydrogens is 238 g/mol. The first kappa shape index (κ1) is 16.9. The Hall–Kier alpha value is -0.130. The average molecular weight is 265 g/mol. The van der Waals surface area contributed by atoms with E-state index in [0.29, 0.717) is 12.5 Å². The fourth-order valence-corrected chi connectivity index (χ4v) is 2.11. The van der Waals surface area contributed by atoms with E-state index in [1.54, 1.807) is 0 Å². The SMILES string of the molecule is CCCCN(CCCOS(C)(=O)=O)CC(C)C. The van der Waals surface area contributed by atoms with Crippen LogP contribution in [0.2, 0.25) is 0 Å². The summed E-state index contributed by atoms with van der Waals surface area (Å²) in [6.45, 7) is 9.94. The molecule has 0 aliphatic rings. The van der Waals surface area contributed by atoms with Crippen molar-refractivity contribution in [1.29, 1.82) is 0 Å². The lowest BCUT2D eigenvalue weighted by Gasteiger charge is -2.23. The molecule has 0 amide bonds. The van der Waals surface area contributed by atoms with Crippen LogP contribution in [-0.2, 0) is 14.3 Å². The molecule has 0 aromatic carbocycles. The molecule has 0 heterocycles. The molecule has 4 nitrogen and oxygen atoms in total. The van der Waals surface area contributed by atoms with E-state index in [2.05, 4.69) is 25.7 Å². The highest BCUT2D eigenvalue weighted by atomic mass is 32.2. The molecule has 0 unspecified atom stereocenters. The van der Waals surface area contributed by atoms with Crippen LogP contribution in [0.25, 0.3) is 0 Å². The van der Waals surface area contributed by atoms with Crippen molar-refractivity contribution in [2.24, 2.45) is 5.92 Å². The van der Waals surface area contributed by atoms with Gasteiger partial charge in [0.25, 0.3) is 10.1 Å². The fourth-order valence-electron chi connectivity index (χ4n) is 1.69. The second-order valence-corrected chi connectivity index (χ2v) is 6.57. The Bertz CT molecular complexity index is 275. The van der Waals surface area contributed by atoms with E-state index in [-0.39, 0.29) is 0 Å². The van der Waals surface area contributed by atoms with Crippen molar-refractivity contribution in [3.63, 3.8) is 0 Å². The molecule has 0 bridgehead atoms. The first-order valence-electron chi connectivity index (χ1n) is 6.42. The number of rotatable bonds is 10. The highest BCUT2D eigenvalue weighted by molar-refractivity contribution is 7.85. The van der Waals surface area contributed by atoms with Crippen LogP contribution in [0.3, 0.4) is 0 Å². The molecular formula is C12H27NO3S. The van der Waals surface area contributed by atoms with E-state index in [1.807, 2.05) is 0 Å². The Morgan fingerprint density at radius 1 is 1.18 bits per heavy atom. The van der Waals surface area contributed by atoms with Crippen molar-refractivity contribution >= 4 is 10.1 Å². The van der Waals surface area contributed by atoms with Crippen molar-refractivity contribution in [2.75, 3.05) is 32.5 Å². The number of nitrogens with zero attached hydrogens (tertiary/aromatic N) is 1. The molecule has 0 N–H and O–H groups in total. The van der Waals surface area contributed by atoms with Gasteiger partial charge in [-0.25, -0.2) is 0 Å². The molecule has 0 fully saturated rings. The van der Waals surface area contributed by atoms with Crippen LogP contribution in [-0.4, -0.2) is 45.8 Å². The van der Waals surface area contributed by atoms with Gasteiger partial charge in [0.15, 0.2) is 0 Å². The Kier molecular flexibility index (Phi) is 8.82. The van der Waals surface area contributed by atoms with E-state index >= 15 is 0 Å². The fraction of sp³-hybridized carbons (Fsp3) is 1.00. The Labute approximate surface area is 106 Å². The number of unbranched alkanes of at least 4 members (excludes halogenated alkanes) is 1. The van der Waals surface area contributed by atoms with Crippen molar-refractivity contribution in [2.45, 2.75) is 40.0 Å². The molecule has 104 valence electrons. The van der Waals surface area contributed by atoms with Gasteiger partial charge in [0, 0.05) is 13.1 Å². The third-order valence-corrected chi connectivity index (χ3v) is 2.96. The lowest BCUT2D eigenvalue weighted by Crippen LogP contribution is -2.30. The normalized spacial score (nSPS) is 12.6. The molecule has 0 aliphatic heterocycles. The zero-order chi connectivity index (χ0) is 13.3. The summed E-state index contributed by atoms with van der Waals surface area (Å²) in [6.07, 6.45) is 4.24. The molecule has 17 heavy (non-hydrogen) atoms. The summed E-state index contributed by atoms with van der Waals surface area (Å²) in [6, 6.07) is 0. The number of hydrogen-bond donors (Lipinski definition) is 0. The molecule has 0 saturated heterocycles. The van der Waals surface area contributed by atoms with Crippen LogP contribution in [0.1, 0.15) is 40.0 Å². The lowest BCUT2D eigenvalue weighted by molar-refractivity contribution is 0.215. The van der Waals surface area contributed by atoms with Crippen molar-refractivity contribution in [3.8, 4) is 0 Å². The van der Waals surface area contributed by atoms with Gasteiger partial charge in [-0.15, -0.1) is 0 Å². The minimum Gasteiger partial charge on any atom is -0.303 e. The minimum absolute atomic E-state index is 0.291. The molecule has 0 aromatic heterocycles. The molecule has 5 heteroatoms. The summed E-state index contributed by atoms with van der Waals surface area (Å²) in [7, 11) is -3.28. The van der Waals surface area contributed by atoms with E-state index in [4.69, 9.17) is 4.18 Å². The zero-order valence-corrected chi connectivity index (χ0v) is 12.4. The van der Waals surface area contributed by atoms with Gasteiger partial charge in [0.1, 0.15) is 0 Å². The molecule has 0 spiro atoms. The maximum Gasteiger partial charge on any atom is 0.264 e. The molecule has 0 aliphatic carbocycles. The third-order valence-electron chi connectivity index (χ3n) is 2.37. The van der Waals surface area contributed by atoms with Crippen molar-refractivity contribution in [3.05, 3.63) is 0 Å². The maximum atomic E-state index is 10.8. The van der Waals surface area contributed by atoms with Gasteiger partial charge in [-0.3, -0.25) is 4.18 Å². The van der Waals surface area contributed by atoms with Gasteiger partial charge in [0.2, 0.25) is 0 Å². The third kappa shape index (κ3) is 12.1. The molecule has 0 atom stereocenters. The Morgan fingerprint density at radius 3 is 2.24 bits per heavy atom. The molecule has 0 saturated carbocycles. The van der Waals surface area contributed by atoms with Crippen molar-refractivity contribution in [1.82, 2.24) is 4.90 Å². The minimum atomic E-state index is -3.28. The standard InChI is InChI=1S/C12H27NO3S/c1-5-6-8-13(11-12(2)3)9-7-10-16-17(4,14)15/h12H,5-11H2,1-4H3. The highest BCUT2D eigenvalue weighted by Gasteiger charge is 2.07. The van der Waals surface area contributed by atoms with Gasteiger partial charge >= 0.3 is 0 Å². The van der Waals surface area contributed by atoms with E-state index in [0.717, 1.165) is 32.3 Å². The average Bonchev–Trinajstić information content (AvgIpc) is 2.18. The highest BCUT2D eigenvalue weighted by Crippen LogP contribution is 2.03. The van der Waals surface area contributed by atoms with Gasteiger partial charge in [-0.1, -0.05) is 27.2 Å². The summed E-state index contributed by atoms with van der Waals surface area (Å²) >= 11 is 0. The van der Waals surface area contributed by atoms with E-state index in [1.165, 1.54) is 12.8 Å². The van der Waals surface area contributed by atoms with Crippen LogP contribution in [0, 0.1) is 5.92 Å². The summed E-state index contributed by atoms with van der Waals surface area (Å²) < 4.78 is 26.3. The quantitative estimate of drug-likeness (QED) is 0.448. The van der Waals surface area contributed by atoms with Crippen LogP contribution < -0.4 is 0 Å². The molecule has 0 rings (SSSR count). The van der Waals surface area contributed by atoms with Gasteiger partial charge in [-0.2, -0.15) is 8.42 Å². The van der Waals surface area contributed by atoms with Gasteiger partial charge < -0.3 is 4.90 Å². The lowest BCUT2D eigenvalue weighted by atomic mass is 10.2. The van der Waals surface area contributed by atoms with Crippen LogP contribution in [0.5, 0.6) is 0 Å². The first-order chi connectivity index (χ1) is 7.85. The Balaban J connectivity index is 3.82. The summed E-state index contributed by atoms with van der Waals surface area (Å²) in [5, 5.41) is 0. The second kappa shape index (κ2) is 8.89. The van der Waals surface area contributed by atoms with Crippen LogP contribution in [0.4, 0.5) is 0 Å². The Morgan fingerprint density at radius 2 is 1.76 bits per heavy atom. The van der Waals surface area contributed by atoms with E-state index < -0.39 is 10.1 Å². The van der Waals surface area contributed by atoms with E-state index in [9.17, 15) is 8.42 Å². The zero-order valence-electron chi connectivity index (χ0n) is 11.6. The number of hydrogen-bond acceptors (Lipinski definition) is 4.